The minimum atomic E-state index is -3.78. The molecule has 1 aliphatic rings. The van der Waals surface area contributed by atoms with Crippen LogP contribution in [0.15, 0.2) is 47.4 Å². The van der Waals surface area contributed by atoms with E-state index in [1.807, 2.05) is 4.90 Å². The van der Waals surface area contributed by atoms with Gasteiger partial charge in [0.05, 0.1) is 21.7 Å². The quantitative estimate of drug-likeness (QED) is 0.825. The highest BCUT2D eigenvalue weighted by Gasteiger charge is 2.30. The maximum atomic E-state index is 13.4. The van der Waals surface area contributed by atoms with Crippen molar-refractivity contribution in [2.24, 2.45) is 0 Å². The van der Waals surface area contributed by atoms with Gasteiger partial charge < -0.3 is 4.90 Å². The van der Waals surface area contributed by atoms with Gasteiger partial charge in [-0.2, -0.15) is 14.8 Å². The fourth-order valence-corrected chi connectivity index (χ4v) is 4.45. The molecule has 0 spiro atoms. The average molecular weight is 370 g/mol. The van der Waals surface area contributed by atoms with Crippen molar-refractivity contribution in [1.82, 2.24) is 4.31 Å². The molecule has 0 aliphatic carbocycles. The summed E-state index contributed by atoms with van der Waals surface area (Å²) in [6.45, 7) is 1.04. The van der Waals surface area contributed by atoms with Gasteiger partial charge in [-0.1, -0.05) is 12.1 Å². The molecule has 1 fully saturated rings. The molecule has 1 aliphatic heterocycles. The Morgan fingerprint density at radius 1 is 0.923 bits per heavy atom. The Bertz CT molecular complexity index is 984. The highest BCUT2D eigenvalue weighted by molar-refractivity contribution is 7.89. The van der Waals surface area contributed by atoms with Crippen LogP contribution in [0.25, 0.3) is 0 Å². The molecule has 3 rings (SSSR count). The normalized spacial score (nSPS) is 15.3. The Hall–Kier alpha value is -2.94. The molecule has 0 saturated carbocycles. The number of sulfonamides is 1. The predicted molar refractivity (Wildman–Crippen MR) is 93.2 cm³/mol. The van der Waals surface area contributed by atoms with Crippen LogP contribution in [-0.4, -0.2) is 38.9 Å². The van der Waals surface area contributed by atoms with E-state index < -0.39 is 15.8 Å². The number of rotatable bonds is 3. The first-order valence-electron chi connectivity index (χ1n) is 7.91. The van der Waals surface area contributed by atoms with E-state index in [1.165, 1.54) is 22.5 Å². The second-order valence-corrected chi connectivity index (χ2v) is 7.71. The zero-order valence-electron chi connectivity index (χ0n) is 13.8. The van der Waals surface area contributed by atoms with Gasteiger partial charge in [0.15, 0.2) is 0 Å². The van der Waals surface area contributed by atoms with E-state index in [0.717, 1.165) is 6.07 Å². The molecule has 0 bridgehead atoms. The van der Waals surface area contributed by atoms with Crippen LogP contribution in [0.4, 0.5) is 10.1 Å². The van der Waals surface area contributed by atoms with Gasteiger partial charge in [0.2, 0.25) is 10.0 Å². The van der Waals surface area contributed by atoms with Gasteiger partial charge in [0.25, 0.3) is 0 Å². The molecule has 0 amide bonds. The molecule has 2 aromatic carbocycles. The first kappa shape index (κ1) is 17.9. The fraction of sp³-hybridized carbons (Fsp3) is 0.222. The summed E-state index contributed by atoms with van der Waals surface area (Å²) in [5.74, 6) is -0.605. The summed E-state index contributed by atoms with van der Waals surface area (Å²) in [4.78, 5) is 1.76. The lowest BCUT2D eigenvalue weighted by Gasteiger charge is -2.36. The third-order valence-electron chi connectivity index (χ3n) is 4.27. The fourth-order valence-electron chi connectivity index (χ4n) is 2.99. The van der Waals surface area contributed by atoms with E-state index in [1.54, 1.807) is 18.2 Å². The molecule has 0 radical (unpaired) electrons. The summed E-state index contributed by atoms with van der Waals surface area (Å²) in [5, 5.41) is 18.6. The summed E-state index contributed by atoms with van der Waals surface area (Å²) < 4.78 is 40.0. The van der Waals surface area contributed by atoms with Gasteiger partial charge in [0.1, 0.15) is 18.0 Å². The first-order chi connectivity index (χ1) is 12.5. The number of benzene rings is 2. The van der Waals surface area contributed by atoms with Crippen molar-refractivity contribution < 1.29 is 12.8 Å². The van der Waals surface area contributed by atoms with E-state index in [2.05, 4.69) is 12.1 Å². The predicted octanol–water partition coefficient (Wildman–Crippen LogP) is 2.08. The van der Waals surface area contributed by atoms with Crippen LogP contribution < -0.4 is 4.90 Å². The monoisotopic (exact) mass is 370 g/mol. The average Bonchev–Trinajstić information content (AvgIpc) is 2.67. The smallest absolute Gasteiger partial charge is 0.243 e. The van der Waals surface area contributed by atoms with E-state index in [-0.39, 0.29) is 18.0 Å². The van der Waals surface area contributed by atoms with Crippen LogP contribution in [0, 0.1) is 28.5 Å². The molecule has 8 heteroatoms. The van der Waals surface area contributed by atoms with Gasteiger partial charge >= 0.3 is 0 Å². The van der Waals surface area contributed by atoms with Crippen molar-refractivity contribution in [3.8, 4) is 12.1 Å². The number of piperazine rings is 1. The van der Waals surface area contributed by atoms with E-state index in [9.17, 15) is 23.3 Å². The Morgan fingerprint density at radius 3 is 2.04 bits per heavy atom. The SMILES string of the molecule is N#Cc1cccc(C#N)c1N1CCN(S(=O)(=O)c2cccc(F)c2)CC1. The highest BCUT2D eigenvalue weighted by Crippen LogP contribution is 2.27. The minimum absolute atomic E-state index is 0.0823. The molecular formula is C18H15FN4O2S. The second kappa shape index (κ2) is 7.12. The summed E-state index contributed by atoms with van der Waals surface area (Å²) in [6, 6.07) is 14.0. The molecule has 26 heavy (non-hydrogen) atoms. The third kappa shape index (κ3) is 3.25. The zero-order valence-corrected chi connectivity index (χ0v) is 14.6. The van der Waals surface area contributed by atoms with E-state index in [0.29, 0.717) is 29.9 Å². The summed E-state index contributed by atoms with van der Waals surface area (Å²) >= 11 is 0. The van der Waals surface area contributed by atoms with Crippen molar-refractivity contribution in [1.29, 1.82) is 10.5 Å². The molecule has 6 nitrogen and oxygen atoms in total. The number of para-hydroxylation sites is 1. The molecule has 0 N–H and O–H groups in total. The maximum absolute atomic E-state index is 13.4. The lowest BCUT2D eigenvalue weighted by Crippen LogP contribution is -2.49. The Balaban J connectivity index is 1.83. The number of nitriles is 2. The van der Waals surface area contributed by atoms with Gasteiger partial charge in [-0.05, 0) is 30.3 Å². The number of hydrogen-bond acceptors (Lipinski definition) is 5. The Labute approximate surface area is 151 Å². The number of anilines is 1. The summed E-state index contributed by atoms with van der Waals surface area (Å²) in [5.41, 5.74) is 1.29. The number of hydrogen-bond donors (Lipinski definition) is 0. The summed E-state index contributed by atoms with van der Waals surface area (Å²) in [6.07, 6.45) is 0. The second-order valence-electron chi connectivity index (χ2n) is 5.77. The number of halogens is 1. The lowest BCUT2D eigenvalue weighted by atomic mass is 10.1. The molecule has 132 valence electrons. The Kier molecular flexibility index (Phi) is 4.90. The standard InChI is InChI=1S/C18H15FN4O2S/c19-16-5-2-6-17(11-16)26(24,25)23-9-7-22(8-10-23)18-14(12-20)3-1-4-15(18)13-21/h1-6,11H,7-10H2. The zero-order chi connectivity index (χ0) is 18.7. The summed E-state index contributed by atoms with van der Waals surface area (Å²) in [7, 11) is -3.78. The molecule has 1 heterocycles. The molecule has 0 aromatic heterocycles. The van der Waals surface area contributed by atoms with Crippen LogP contribution in [0.1, 0.15) is 11.1 Å². The van der Waals surface area contributed by atoms with Crippen LogP contribution in [0.3, 0.4) is 0 Å². The van der Waals surface area contributed by atoms with Crippen molar-refractivity contribution in [3.63, 3.8) is 0 Å². The topological polar surface area (TPSA) is 88.2 Å². The van der Waals surface area contributed by atoms with E-state index in [4.69, 9.17) is 0 Å². The molecular weight excluding hydrogens is 355 g/mol. The highest BCUT2D eigenvalue weighted by atomic mass is 32.2. The largest absolute Gasteiger partial charge is 0.367 e. The van der Waals surface area contributed by atoms with Gasteiger partial charge in [0, 0.05) is 26.2 Å². The first-order valence-corrected chi connectivity index (χ1v) is 9.35. The van der Waals surface area contributed by atoms with Crippen molar-refractivity contribution in [3.05, 3.63) is 59.4 Å². The number of nitrogens with zero attached hydrogens (tertiary/aromatic N) is 4. The molecule has 1 saturated heterocycles. The van der Waals surface area contributed by atoms with Crippen molar-refractivity contribution >= 4 is 15.7 Å². The Morgan fingerprint density at radius 2 is 1.50 bits per heavy atom. The van der Waals surface area contributed by atoms with E-state index >= 15 is 0 Å². The molecule has 2 aromatic rings. The maximum Gasteiger partial charge on any atom is 0.243 e. The van der Waals surface area contributed by atoms with Gasteiger partial charge in [-0.25, -0.2) is 12.8 Å². The van der Waals surface area contributed by atoms with Crippen molar-refractivity contribution in [2.75, 3.05) is 31.1 Å². The van der Waals surface area contributed by atoms with Crippen LogP contribution in [-0.2, 0) is 10.0 Å². The lowest BCUT2D eigenvalue weighted by molar-refractivity contribution is 0.384. The van der Waals surface area contributed by atoms with Crippen LogP contribution >= 0.6 is 0 Å². The van der Waals surface area contributed by atoms with Crippen LogP contribution in [0.2, 0.25) is 0 Å². The van der Waals surface area contributed by atoms with Gasteiger partial charge in [-0.15, -0.1) is 0 Å². The molecule has 0 unspecified atom stereocenters. The van der Waals surface area contributed by atoms with Crippen LogP contribution in [0.5, 0.6) is 0 Å². The minimum Gasteiger partial charge on any atom is -0.367 e. The van der Waals surface area contributed by atoms with Crippen molar-refractivity contribution in [2.45, 2.75) is 4.90 Å². The molecule has 0 atom stereocenters. The van der Waals surface area contributed by atoms with Gasteiger partial charge in [-0.3, -0.25) is 0 Å². The third-order valence-corrected chi connectivity index (χ3v) is 6.16.